The third kappa shape index (κ3) is 3.20. The lowest BCUT2D eigenvalue weighted by atomic mass is 9.87. The predicted octanol–water partition coefficient (Wildman–Crippen LogP) is 4.07. The first-order valence-corrected chi connectivity index (χ1v) is 8.42. The fraction of sp³-hybridized carbons (Fsp3) is 0.250. The predicted molar refractivity (Wildman–Crippen MR) is 92.1 cm³/mol. The summed E-state index contributed by atoms with van der Waals surface area (Å²) in [5.74, 6) is -0.995. The van der Waals surface area contributed by atoms with Gasteiger partial charge in [-0.2, -0.15) is 5.10 Å². The van der Waals surface area contributed by atoms with Crippen molar-refractivity contribution in [2.45, 2.75) is 18.4 Å². The van der Waals surface area contributed by atoms with E-state index in [1.54, 1.807) is 18.3 Å². The maximum absolute atomic E-state index is 14.0. The van der Waals surface area contributed by atoms with Crippen molar-refractivity contribution in [2.24, 2.45) is 0 Å². The second kappa shape index (κ2) is 6.76. The van der Waals surface area contributed by atoms with Crippen molar-refractivity contribution in [2.75, 3.05) is 13.1 Å². The average molecular weight is 339 g/mol. The molecule has 2 heterocycles. The van der Waals surface area contributed by atoms with Gasteiger partial charge in [0.15, 0.2) is 11.6 Å². The van der Waals surface area contributed by atoms with Crippen molar-refractivity contribution in [3.05, 3.63) is 89.2 Å². The van der Waals surface area contributed by atoms with Crippen LogP contribution in [0.15, 0.2) is 60.8 Å². The molecule has 3 aromatic rings. The number of likely N-dealkylation sites (tertiary alicyclic amines) is 1. The van der Waals surface area contributed by atoms with Gasteiger partial charge >= 0.3 is 0 Å². The van der Waals surface area contributed by atoms with Crippen molar-refractivity contribution in [1.82, 2.24) is 15.1 Å². The number of nitrogens with zero attached hydrogens (tertiary/aromatic N) is 2. The van der Waals surface area contributed by atoms with Crippen LogP contribution in [0.25, 0.3) is 0 Å². The van der Waals surface area contributed by atoms with Gasteiger partial charge in [-0.05, 0) is 17.7 Å². The highest BCUT2D eigenvalue weighted by Crippen LogP contribution is 2.39. The van der Waals surface area contributed by atoms with Crippen LogP contribution in [0, 0.1) is 11.6 Å². The van der Waals surface area contributed by atoms with E-state index in [0.717, 1.165) is 24.8 Å². The zero-order chi connectivity index (χ0) is 17.2. The molecule has 0 bridgehead atoms. The van der Waals surface area contributed by atoms with Crippen molar-refractivity contribution in [1.29, 1.82) is 0 Å². The zero-order valence-corrected chi connectivity index (χ0v) is 13.7. The summed E-state index contributed by atoms with van der Waals surface area (Å²) in [7, 11) is 0. The van der Waals surface area contributed by atoms with E-state index < -0.39 is 11.6 Å². The van der Waals surface area contributed by atoms with Crippen LogP contribution in [0.2, 0.25) is 0 Å². The Labute approximate surface area is 145 Å². The highest BCUT2D eigenvalue weighted by molar-refractivity contribution is 5.28. The van der Waals surface area contributed by atoms with Gasteiger partial charge in [0.05, 0.1) is 0 Å². The van der Waals surface area contributed by atoms with Crippen molar-refractivity contribution >= 4 is 0 Å². The largest absolute Gasteiger partial charge is 0.298 e. The Bertz CT molecular complexity index is 833. The minimum Gasteiger partial charge on any atom is -0.298 e. The molecule has 5 heteroatoms. The quantitative estimate of drug-likeness (QED) is 0.777. The fourth-order valence-corrected chi connectivity index (χ4v) is 3.75. The van der Waals surface area contributed by atoms with Crippen LogP contribution < -0.4 is 0 Å². The minimum absolute atomic E-state index is 0.251. The molecule has 1 aliphatic heterocycles. The molecule has 4 rings (SSSR count). The lowest BCUT2D eigenvalue weighted by Gasteiger charge is -2.17. The third-order valence-electron chi connectivity index (χ3n) is 4.97. The Kier molecular flexibility index (Phi) is 4.32. The number of hydrogen-bond donors (Lipinski definition) is 1. The summed E-state index contributed by atoms with van der Waals surface area (Å²) in [5, 5.41) is 7.15. The van der Waals surface area contributed by atoms with Gasteiger partial charge in [0.1, 0.15) is 0 Å². The normalized spacial score (nSPS) is 20.9. The van der Waals surface area contributed by atoms with Gasteiger partial charge < -0.3 is 0 Å². The van der Waals surface area contributed by atoms with Gasteiger partial charge in [0.2, 0.25) is 0 Å². The summed E-state index contributed by atoms with van der Waals surface area (Å²) in [4.78, 5) is 2.18. The van der Waals surface area contributed by atoms with Gasteiger partial charge in [-0.3, -0.25) is 10.00 Å². The van der Waals surface area contributed by atoms with Gasteiger partial charge in [0.25, 0.3) is 0 Å². The topological polar surface area (TPSA) is 31.9 Å². The van der Waals surface area contributed by atoms with E-state index in [4.69, 9.17) is 0 Å². The Morgan fingerprint density at radius 1 is 0.960 bits per heavy atom. The second-order valence-electron chi connectivity index (χ2n) is 6.54. The molecule has 1 aliphatic rings. The van der Waals surface area contributed by atoms with Crippen LogP contribution in [0.4, 0.5) is 8.78 Å². The van der Waals surface area contributed by atoms with Gasteiger partial charge in [-0.25, -0.2) is 8.78 Å². The van der Waals surface area contributed by atoms with Crippen LogP contribution in [0.3, 0.4) is 0 Å². The maximum atomic E-state index is 14.0. The number of rotatable bonds is 4. The molecule has 3 nitrogen and oxygen atoms in total. The molecule has 1 N–H and O–H groups in total. The van der Waals surface area contributed by atoms with Crippen LogP contribution in [0.1, 0.15) is 28.7 Å². The minimum atomic E-state index is -0.790. The Hall–Kier alpha value is -2.53. The molecule has 0 spiro atoms. The Balaban J connectivity index is 1.60. The highest BCUT2D eigenvalue weighted by atomic mass is 19.2. The van der Waals surface area contributed by atoms with Gasteiger partial charge in [0, 0.05) is 48.9 Å². The number of benzene rings is 2. The van der Waals surface area contributed by atoms with Crippen molar-refractivity contribution in [3.63, 3.8) is 0 Å². The summed E-state index contributed by atoms with van der Waals surface area (Å²) >= 11 is 0. The van der Waals surface area contributed by atoms with Crippen LogP contribution >= 0.6 is 0 Å². The Morgan fingerprint density at radius 3 is 2.52 bits per heavy atom. The van der Waals surface area contributed by atoms with Crippen molar-refractivity contribution < 1.29 is 8.78 Å². The van der Waals surface area contributed by atoms with Crippen LogP contribution in [0.5, 0.6) is 0 Å². The zero-order valence-electron chi connectivity index (χ0n) is 13.7. The smallest absolute Gasteiger partial charge is 0.163 e. The monoisotopic (exact) mass is 339 g/mol. The molecule has 0 amide bonds. The fourth-order valence-electron chi connectivity index (χ4n) is 3.75. The van der Waals surface area contributed by atoms with E-state index in [1.165, 1.54) is 5.56 Å². The molecule has 1 aromatic heterocycles. The van der Waals surface area contributed by atoms with E-state index in [9.17, 15) is 8.78 Å². The van der Waals surface area contributed by atoms with Crippen LogP contribution in [-0.2, 0) is 6.54 Å². The molecule has 2 aromatic carbocycles. The number of aromatic nitrogens is 2. The molecule has 0 unspecified atom stereocenters. The van der Waals surface area contributed by atoms with E-state index in [-0.39, 0.29) is 5.92 Å². The molecule has 0 saturated carbocycles. The molecule has 1 saturated heterocycles. The molecule has 25 heavy (non-hydrogen) atoms. The summed E-state index contributed by atoms with van der Waals surface area (Å²) in [6.45, 7) is 1.97. The maximum Gasteiger partial charge on any atom is 0.163 e. The van der Waals surface area contributed by atoms with Crippen molar-refractivity contribution in [3.8, 4) is 0 Å². The number of H-pyrrole nitrogens is 1. The first-order valence-electron chi connectivity index (χ1n) is 8.42. The standard InChI is InChI=1S/C20H19F2N3/c21-18-8-4-7-15(20(18)22)11-25-12-16(14-5-2-1-3-6-14)17(13-25)19-9-10-23-24-19/h1-10,16-17H,11-13H2,(H,23,24)/t16-,17+/m0/s1. The molecule has 1 fully saturated rings. The van der Waals surface area contributed by atoms with Gasteiger partial charge in [-0.15, -0.1) is 0 Å². The number of hydrogen-bond acceptors (Lipinski definition) is 2. The Morgan fingerprint density at radius 2 is 1.76 bits per heavy atom. The lowest BCUT2D eigenvalue weighted by molar-refractivity contribution is 0.315. The first-order chi connectivity index (χ1) is 12.2. The molecule has 128 valence electrons. The van der Waals surface area contributed by atoms with E-state index in [1.807, 2.05) is 24.3 Å². The molecule has 0 aliphatic carbocycles. The summed E-state index contributed by atoms with van der Waals surface area (Å²) < 4.78 is 27.5. The second-order valence-corrected chi connectivity index (χ2v) is 6.54. The molecule has 2 atom stereocenters. The van der Waals surface area contributed by atoms with Crippen LogP contribution in [-0.4, -0.2) is 28.2 Å². The summed E-state index contributed by atoms with van der Waals surface area (Å²) in [5.41, 5.74) is 2.73. The summed E-state index contributed by atoms with van der Waals surface area (Å²) in [6, 6.07) is 16.7. The first kappa shape index (κ1) is 16.0. The third-order valence-corrected chi connectivity index (χ3v) is 4.97. The average Bonchev–Trinajstić information content (AvgIpc) is 3.29. The molecular formula is C20H19F2N3. The SMILES string of the molecule is Fc1cccc(CN2C[C@@H](c3ccccc3)[C@H](c3ccn[nH]3)C2)c1F. The number of halogens is 2. The highest BCUT2D eigenvalue weighted by Gasteiger charge is 2.35. The molecular weight excluding hydrogens is 320 g/mol. The number of aromatic amines is 1. The van der Waals surface area contributed by atoms with Gasteiger partial charge in [-0.1, -0.05) is 42.5 Å². The van der Waals surface area contributed by atoms with E-state index >= 15 is 0 Å². The van der Waals surface area contributed by atoms with E-state index in [2.05, 4.69) is 27.2 Å². The lowest BCUT2D eigenvalue weighted by Crippen LogP contribution is -2.21. The summed E-state index contributed by atoms with van der Waals surface area (Å²) in [6.07, 6.45) is 1.76. The number of nitrogens with one attached hydrogen (secondary N) is 1. The van der Waals surface area contributed by atoms with E-state index in [0.29, 0.717) is 18.0 Å². The molecule has 0 radical (unpaired) electrons.